The molecular weight excluding hydrogens is 198 g/mol. The van der Waals surface area contributed by atoms with Crippen molar-refractivity contribution in [2.75, 3.05) is 13.1 Å². The van der Waals surface area contributed by atoms with Crippen LogP contribution in [0.5, 0.6) is 0 Å². The minimum absolute atomic E-state index is 0.795. The van der Waals surface area contributed by atoms with Crippen molar-refractivity contribution in [2.24, 2.45) is 5.92 Å². The van der Waals surface area contributed by atoms with E-state index in [-0.39, 0.29) is 0 Å². The van der Waals surface area contributed by atoms with Crippen molar-refractivity contribution < 1.29 is 0 Å². The lowest BCUT2D eigenvalue weighted by atomic mass is 9.98. The number of hydrogen-bond donors (Lipinski definition) is 1. The molecule has 0 bridgehead atoms. The number of nitrogens with one attached hydrogen (secondary N) is 1. The molecule has 1 N–H and O–H groups in total. The summed E-state index contributed by atoms with van der Waals surface area (Å²) in [4.78, 5) is 0. The van der Waals surface area contributed by atoms with E-state index >= 15 is 0 Å². The first-order valence-electron chi connectivity index (χ1n) is 6.53. The number of rotatable bonds is 3. The average Bonchev–Trinajstić information content (AvgIpc) is 2.49. The Hall–Kier alpha value is -0.830. The van der Waals surface area contributed by atoms with Gasteiger partial charge in [-0.15, -0.1) is 0 Å². The van der Waals surface area contributed by atoms with Gasteiger partial charge in [-0.1, -0.05) is 6.42 Å². The Kier molecular flexibility index (Phi) is 3.99. The van der Waals surface area contributed by atoms with E-state index in [1.807, 2.05) is 0 Å². The molecule has 1 aliphatic heterocycles. The predicted molar refractivity (Wildman–Crippen MR) is 66.6 cm³/mol. The predicted octanol–water partition coefficient (Wildman–Crippen LogP) is 2.14. The first kappa shape index (κ1) is 11.6. The smallest absolute Gasteiger partial charge is 0.0596 e. The third-order valence-corrected chi connectivity index (χ3v) is 3.43. The summed E-state index contributed by atoms with van der Waals surface area (Å²) in [5.41, 5.74) is 2.56. The fourth-order valence-electron chi connectivity index (χ4n) is 2.60. The maximum absolute atomic E-state index is 4.51. The minimum atomic E-state index is 0.795. The highest BCUT2D eigenvalue weighted by Gasteiger charge is 2.15. The van der Waals surface area contributed by atoms with Crippen LogP contribution in [-0.2, 0) is 13.0 Å². The van der Waals surface area contributed by atoms with Crippen LogP contribution in [0.4, 0.5) is 0 Å². The van der Waals surface area contributed by atoms with E-state index < -0.39 is 0 Å². The summed E-state index contributed by atoms with van der Waals surface area (Å²) in [6.07, 6.45) is 5.25. The van der Waals surface area contributed by atoms with Crippen LogP contribution in [0, 0.1) is 12.8 Å². The molecule has 1 aliphatic rings. The van der Waals surface area contributed by atoms with Crippen molar-refractivity contribution in [3.8, 4) is 0 Å². The number of aryl methyl sites for hydroxylation is 2. The summed E-state index contributed by atoms with van der Waals surface area (Å²) < 4.78 is 2.15. The normalized spacial score (nSPS) is 22.0. The van der Waals surface area contributed by atoms with Gasteiger partial charge in [0.15, 0.2) is 0 Å². The van der Waals surface area contributed by atoms with Crippen LogP contribution in [-0.4, -0.2) is 22.9 Å². The van der Waals surface area contributed by atoms with Gasteiger partial charge in [0.2, 0.25) is 0 Å². The lowest BCUT2D eigenvalue weighted by Gasteiger charge is -2.14. The lowest BCUT2D eigenvalue weighted by molar-refractivity contribution is 0.456. The molecule has 0 amide bonds. The highest BCUT2D eigenvalue weighted by Crippen LogP contribution is 2.17. The molecule has 0 radical (unpaired) electrons. The van der Waals surface area contributed by atoms with Crippen molar-refractivity contribution in [3.05, 3.63) is 17.5 Å². The van der Waals surface area contributed by atoms with Crippen molar-refractivity contribution in [3.63, 3.8) is 0 Å². The Bertz CT molecular complexity index is 322. The van der Waals surface area contributed by atoms with Gasteiger partial charge in [0, 0.05) is 12.2 Å². The van der Waals surface area contributed by atoms with Crippen LogP contribution < -0.4 is 5.32 Å². The van der Waals surface area contributed by atoms with Crippen LogP contribution in [0.25, 0.3) is 0 Å². The van der Waals surface area contributed by atoms with Crippen LogP contribution in [0.3, 0.4) is 0 Å². The Morgan fingerprint density at radius 2 is 2.38 bits per heavy atom. The number of aromatic nitrogens is 2. The Labute approximate surface area is 98.2 Å². The molecule has 1 aromatic heterocycles. The molecule has 1 aromatic rings. The second kappa shape index (κ2) is 5.48. The van der Waals surface area contributed by atoms with Gasteiger partial charge in [-0.3, -0.25) is 4.68 Å². The van der Waals surface area contributed by atoms with Crippen LogP contribution >= 0.6 is 0 Å². The van der Waals surface area contributed by atoms with Crippen molar-refractivity contribution >= 4 is 0 Å². The second-order valence-electron chi connectivity index (χ2n) is 4.86. The van der Waals surface area contributed by atoms with E-state index in [1.165, 1.54) is 44.5 Å². The summed E-state index contributed by atoms with van der Waals surface area (Å²) >= 11 is 0. The third kappa shape index (κ3) is 2.85. The molecule has 0 aliphatic carbocycles. The van der Waals surface area contributed by atoms with Gasteiger partial charge < -0.3 is 5.32 Å². The monoisotopic (exact) mass is 221 g/mol. The molecule has 1 unspecified atom stereocenters. The highest BCUT2D eigenvalue weighted by atomic mass is 15.3. The van der Waals surface area contributed by atoms with Gasteiger partial charge >= 0.3 is 0 Å². The molecule has 1 atom stereocenters. The number of nitrogens with zero attached hydrogens (tertiary/aromatic N) is 2. The van der Waals surface area contributed by atoms with Gasteiger partial charge in [-0.05, 0) is 58.2 Å². The highest BCUT2D eigenvalue weighted by molar-refractivity contribution is 5.09. The standard InChI is InChI=1S/C13H23N3/c1-3-16-13(8-11(2)15-16)9-12-6-4-5-7-14-10-12/h8,12,14H,3-7,9-10H2,1-2H3. The third-order valence-electron chi connectivity index (χ3n) is 3.43. The van der Waals surface area contributed by atoms with Gasteiger partial charge in [0.05, 0.1) is 5.69 Å². The molecule has 0 spiro atoms. The number of hydrogen-bond acceptors (Lipinski definition) is 2. The molecule has 2 heterocycles. The average molecular weight is 221 g/mol. The SMILES string of the molecule is CCn1nc(C)cc1CC1CCCCNC1. The minimum Gasteiger partial charge on any atom is -0.316 e. The van der Waals surface area contributed by atoms with E-state index in [0.29, 0.717) is 0 Å². The maximum atomic E-state index is 4.51. The van der Waals surface area contributed by atoms with Gasteiger partial charge in [0.1, 0.15) is 0 Å². The Balaban J connectivity index is 2.01. The second-order valence-corrected chi connectivity index (χ2v) is 4.86. The maximum Gasteiger partial charge on any atom is 0.0596 e. The summed E-state index contributed by atoms with van der Waals surface area (Å²) in [6.45, 7) is 7.61. The summed E-state index contributed by atoms with van der Waals surface area (Å²) in [6, 6.07) is 2.24. The summed E-state index contributed by atoms with van der Waals surface area (Å²) in [5, 5.41) is 8.05. The van der Waals surface area contributed by atoms with E-state index in [1.54, 1.807) is 0 Å². The van der Waals surface area contributed by atoms with E-state index in [9.17, 15) is 0 Å². The molecular formula is C13H23N3. The zero-order valence-corrected chi connectivity index (χ0v) is 10.5. The van der Waals surface area contributed by atoms with Crippen molar-refractivity contribution in [2.45, 2.75) is 46.1 Å². The Morgan fingerprint density at radius 3 is 3.19 bits per heavy atom. The molecule has 1 saturated heterocycles. The van der Waals surface area contributed by atoms with E-state index in [0.717, 1.165) is 18.2 Å². The first-order valence-corrected chi connectivity index (χ1v) is 6.53. The lowest BCUT2D eigenvalue weighted by Crippen LogP contribution is -2.22. The molecule has 3 nitrogen and oxygen atoms in total. The summed E-state index contributed by atoms with van der Waals surface area (Å²) in [5.74, 6) is 0.795. The Morgan fingerprint density at radius 1 is 1.50 bits per heavy atom. The zero-order valence-electron chi connectivity index (χ0n) is 10.5. The van der Waals surface area contributed by atoms with Gasteiger partial charge in [-0.2, -0.15) is 5.10 Å². The fourth-order valence-corrected chi connectivity index (χ4v) is 2.60. The summed E-state index contributed by atoms with van der Waals surface area (Å²) in [7, 11) is 0. The van der Waals surface area contributed by atoms with Crippen LogP contribution in [0.15, 0.2) is 6.07 Å². The first-order chi connectivity index (χ1) is 7.79. The van der Waals surface area contributed by atoms with Crippen molar-refractivity contribution in [1.29, 1.82) is 0 Å². The van der Waals surface area contributed by atoms with E-state index in [4.69, 9.17) is 0 Å². The fraction of sp³-hybridized carbons (Fsp3) is 0.769. The zero-order chi connectivity index (χ0) is 11.4. The largest absolute Gasteiger partial charge is 0.316 e. The molecule has 90 valence electrons. The van der Waals surface area contributed by atoms with Crippen LogP contribution in [0.2, 0.25) is 0 Å². The van der Waals surface area contributed by atoms with Crippen LogP contribution in [0.1, 0.15) is 37.6 Å². The quantitative estimate of drug-likeness (QED) is 0.847. The molecule has 0 aromatic carbocycles. The van der Waals surface area contributed by atoms with E-state index in [2.05, 4.69) is 35.0 Å². The molecule has 0 saturated carbocycles. The van der Waals surface area contributed by atoms with Crippen molar-refractivity contribution in [1.82, 2.24) is 15.1 Å². The molecule has 1 fully saturated rings. The van der Waals surface area contributed by atoms with Gasteiger partial charge in [0.25, 0.3) is 0 Å². The topological polar surface area (TPSA) is 29.9 Å². The molecule has 3 heteroatoms. The molecule has 2 rings (SSSR count). The molecule has 16 heavy (non-hydrogen) atoms. The van der Waals surface area contributed by atoms with Gasteiger partial charge in [-0.25, -0.2) is 0 Å².